The second kappa shape index (κ2) is 4.83. The lowest BCUT2D eigenvalue weighted by atomic mass is 10.3. The summed E-state index contributed by atoms with van der Waals surface area (Å²) in [6.07, 6.45) is 0. The van der Waals surface area contributed by atoms with Gasteiger partial charge in [-0.15, -0.1) is 0 Å². The number of hydrogen-bond donors (Lipinski definition) is 2. The lowest BCUT2D eigenvalue weighted by molar-refractivity contribution is -0.119. The second-order valence-electron chi connectivity index (χ2n) is 2.77. The van der Waals surface area contributed by atoms with E-state index < -0.39 is 11.9 Å². The standard InChI is InChI=1S/C9H11ClN2O2/c10-6-1-3-7(4-2-6)14-5-8(11)9(12)13/h1-4,8H,5,11H2,(H2,12,13). The summed E-state index contributed by atoms with van der Waals surface area (Å²) in [5.74, 6) is 0.0186. The van der Waals surface area contributed by atoms with Crippen LogP contribution < -0.4 is 16.2 Å². The molecular formula is C9H11ClN2O2. The van der Waals surface area contributed by atoms with Crippen LogP contribution in [0, 0.1) is 0 Å². The molecule has 0 radical (unpaired) electrons. The summed E-state index contributed by atoms with van der Waals surface area (Å²) in [6.45, 7) is 0.0664. The minimum Gasteiger partial charge on any atom is -0.491 e. The molecule has 4 nitrogen and oxygen atoms in total. The van der Waals surface area contributed by atoms with Crippen LogP contribution in [0.25, 0.3) is 0 Å². The van der Waals surface area contributed by atoms with Gasteiger partial charge < -0.3 is 16.2 Å². The zero-order valence-corrected chi connectivity index (χ0v) is 8.20. The SMILES string of the molecule is NC(=O)C(N)COc1ccc(Cl)cc1. The molecule has 0 spiro atoms. The molecule has 0 saturated heterocycles. The van der Waals surface area contributed by atoms with Crippen molar-refractivity contribution in [1.82, 2.24) is 0 Å². The maximum atomic E-state index is 10.6. The van der Waals surface area contributed by atoms with Crippen LogP contribution in [0.3, 0.4) is 0 Å². The van der Waals surface area contributed by atoms with E-state index >= 15 is 0 Å². The molecule has 1 atom stereocenters. The average Bonchev–Trinajstić information content (AvgIpc) is 2.16. The van der Waals surface area contributed by atoms with Gasteiger partial charge in [0.05, 0.1) is 0 Å². The largest absolute Gasteiger partial charge is 0.491 e. The Hall–Kier alpha value is -1.26. The van der Waals surface area contributed by atoms with Crippen LogP contribution in [0.15, 0.2) is 24.3 Å². The first-order valence-electron chi connectivity index (χ1n) is 4.03. The summed E-state index contributed by atoms with van der Waals surface area (Å²) in [5, 5.41) is 0.622. The third kappa shape index (κ3) is 3.24. The molecule has 0 saturated carbocycles. The zero-order chi connectivity index (χ0) is 10.6. The van der Waals surface area contributed by atoms with E-state index in [-0.39, 0.29) is 6.61 Å². The van der Waals surface area contributed by atoms with Crippen LogP contribution in [-0.2, 0) is 4.79 Å². The van der Waals surface area contributed by atoms with Crippen LogP contribution in [0.1, 0.15) is 0 Å². The van der Waals surface area contributed by atoms with Gasteiger partial charge in [-0.1, -0.05) is 11.6 Å². The summed E-state index contributed by atoms with van der Waals surface area (Å²) in [5.41, 5.74) is 10.3. The molecule has 0 heterocycles. The highest BCUT2D eigenvalue weighted by atomic mass is 35.5. The molecule has 0 fully saturated rings. The van der Waals surface area contributed by atoms with Crippen LogP contribution in [0.5, 0.6) is 5.75 Å². The summed E-state index contributed by atoms with van der Waals surface area (Å²) < 4.78 is 5.20. The highest BCUT2D eigenvalue weighted by molar-refractivity contribution is 6.30. The number of benzene rings is 1. The minimum atomic E-state index is -0.786. The number of ether oxygens (including phenoxy) is 1. The molecule has 1 aromatic rings. The quantitative estimate of drug-likeness (QED) is 0.768. The lowest BCUT2D eigenvalue weighted by Gasteiger charge is -2.09. The van der Waals surface area contributed by atoms with Gasteiger partial charge in [-0.25, -0.2) is 0 Å². The summed E-state index contributed by atoms with van der Waals surface area (Å²) in [7, 11) is 0. The van der Waals surface area contributed by atoms with Gasteiger partial charge in [-0.3, -0.25) is 4.79 Å². The summed E-state index contributed by atoms with van der Waals surface area (Å²) in [4.78, 5) is 10.6. The van der Waals surface area contributed by atoms with Crippen molar-refractivity contribution in [3.63, 3.8) is 0 Å². The van der Waals surface area contributed by atoms with E-state index in [1.54, 1.807) is 24.3 Å². The van der Waals surface area contributed by atoms with Crippen molar-refractivity contribution in [2.24, 2.45) is 11.5 Å². The van der Waals surface area contributed by atoms with Gasteiger partial charge in [0.1, 0.15) is 18.4 Å². The molecule has 4 N–H and O–H groups in total. The van der Waals surface area contributed by atoms with Gasteiger partial charge in [0, 0.05) is 5.02 Å². The van der Waals surface area contributed by atoms with E-state index in [0.717, 1.165) is 0 Å². The van der Waals surface area contributed by atoms with Crippen LogP contribution in [-0.4, -0.2) is 18.6 Å². The van der Waals surface area contributed by atoms with E-state index in [2.05, 4.69) is 0 Å². The van der Waals surface area contributed by atoms with Gasteiger partial charge in [0.15, 0.2) is 0 Å². The number of amides is 1. The van der Waals surface area contributed by atoms with Crippen molar-refractivity contribution in [2.75, 3.05) is 6.61 Å². The number of nitrogens with two attached hydrogens (primary N) is 2. The van der Waals surface area contributed by atoms with Crippen molar-refractivity contribution in [3.05, 3.63) is 29.3 Å². The Morgan fingerprint density at radius 1 is 1.43 bits per heavy atom. The highest BCUT2D eigenvalue weighted by Gasteiger charge is 2.09. The molecule has 0 aromatic heterocycles. The van der Waals surface area contributed by atoms with Gasteiger partial charge in [0.25, 0.3) is 0 Å². The number of rotatable bonds is 4. The second-order valence-corrected chi connectivity index (χ2v) is 3.21. The molecule has 1 rings (SSSR count). The fourth-order valence-corrected chi connectivity index (χ4v) is 0.925. The van der Waals surface area contributed by atoms with E-state index in [9.17, 15) is 4.79 Å². The van der Waals surface area contributed by atoms with Gasteiger partial charge in [-0.05, 0) is 24.3 Å². The fraction of sp³-hybridized carbons (Fsp3) is 0.222. The molecule has 0 aliphatic carbocycles. The first-order chi connectivity index (χ1) is 6.59. The smallest absolute Gasteiger partial charge is 0.237 e. The van der Waals surface area contributed by atoms with E-state index in [1.165, 1.54) is 0 Å². The summed E-state index contributed by atoms with van der Waals surface area (Å²) >= 11 is 5.67. The molecule has 0 aliphatic heterocycles. The lowest BCUT2D eigenvalue weighted by Crippen LogP contribution is -2.41. The molecular weight excluding hydrogens is 204 g/mol. The van der Waals surface area contributed by atoms with Gasteiger partial charge >= 0.3 is 0 Å². The average molecular weight is 215 g/mol. The number of halogens is 1. The molecule has 0 bridgehead atoms. The first-order valence-corrected chi connectivity index (χ1v) is 4.40. The molecule has 76 valence electrons. The van der Waals surface area contributed by atoms with E-state index in [0.29, 0.717) is 10.8 Å². The van der Waals surface area contributed by atoms with Crippen LogP contribution in [0.2, 0.25) is 5.02 Å². The third-order valence-corrected chi connectivity index (χ3v) is 1.86. The number of carbonyl (C=O) groups excluding carboxylic acids is 1. The van der Waals surface area contributed by atoms with E-state index in [1.807, 2.05) is 0 Å². The Bertz CT molecular complexity index is 313. The summed E-state index contributed by atoms with van der Waals surface area (Å²) in [6, 6.07) is 5.97. The van der Waals surface area contributed by atoms with Crippen molar-refractivity contribution >= 4 is 17.5 Å². The molecule has 5 heteroatoms. The molecule has 14 heavy (non-hydrogen) atoms. The number of carbonyl (C=O) groups is 1. The van der Waals surface area contributed by atoms with E-state index in [4.69, 9.17) is 27.8 Å². The van der Waals surface area contributed by atoms with Crippen LogP contribution in [0.4, 0.5) is 0 Å². The molecule has 1 unspecified atom stereocenters. The van der Waals surface area contributed by atoms with Crippen molar-refractivity contribution in [3.8, 4) is 5.75 Å². The Kier molecular flexibility index (Phi) is 3.73. The fourth-order valence-electron chi connectivity index (χ4n) is 0.799. The minimum absolute atomic E-state index is 0.0664. The Balaban J connectivity index is 2.46. The van der Waals surface area contributed by atoms with Gasteiger partial charge in [0.2, 0.25) is 5.91 Å². The predicted octanol–water partition coefficient (Wildman–Crippen LogP) is 0.531. The van der Waals surface area contributed by atoms with Crippen molar-refractivity contribution in [2.45, 2.75) is 6.04 Å². The van der Waals surface area contributed by atoms with Crippen molar-refractivity contribution < 1.29 is 9.53 Å². The zero-order valence-electron chi connectivity index (χ0n) is 7.44. The molecule has 1 amide bonds. The predicted molar refractivity (Wildman–Crippen MR) is 54.1 cm³/mol. The molecule has 1 aromatic carbocycles. The highest BCUT2D eigenvalue weighted by Crippen LogP contribution is 2.15. The Labute approximate surface area is 86.8 Å². The molecule has 0 aliphatic rings. The number of primary amides is 1. The Morgan fingerprint density at radius 2 is 2.00 bits per heavy atom. The maximum Gasteiger partial charge on any atom is 0.237 e. The Morgan fingerprint density at radius 3 is 2.50 bits per heavy atom. The maximum absolute atomic E-state index is 10.6. The normalized spacial score (nSPS) is 12.1. The van der Waals surface area contributed by atoms with Crippen molar-refractivity contribution in [1.29, 1.82) is 0 Å². The van der Waals surface area contributed by atoms with Gasteiger partial charge in [-0.2, -0.15) is 0 Å². The monoisotopic (exact) mass is 214 g/mol. The number of hydrogen-bond acceptors (Lipinski definition) is 3. The van der Waals surface area contributed by atoms with Crippen LogP contribution >= 0.6 is 11.6 Å². The third-order valence-electron chi connectivity index (χ3n) is 1.61. The first kappa shape index (κ1) is 10.8. The topological polar surface area (TPSA) is 78.3 Å².